The second-order valence-corrected chi connectivity index (χ2v) is 6.29. The van der Waals surface area contributed by atoms with Crippen molar-refractivity contribution in [3.63, 3.8) is 0 Å². The molecule has 0 atom stereocenters. The van der Waals surface area contributed by atoms with Gasteiger partial charge in [0.25, 0.3) is 0 Å². The van der Waals surface area contributed by atoms with Crippen molar-refractivity contribution in [1.82, 2.24) is 4.98 Å². The van der Waals surface area contributed by atoms with Gasteiger partial charge in [-0.15, -0.1) is 0 Å². The number of pyridine rings is 1. The Hall–Kier alpha value is -0.100. The number of halogens is 9. The van der Waals surface area contributed by atoms with E-state index in [2.05, 4.69) is 4.98 Å². The highest BCUT2D eigenvalue weighted by molar-refractivity contribution is 6.56. The molecule has 0 fully saturated rings. The van der Waals surface area contributed by atoms with Crippen molar-refractivity contribution >= 4 is 69.6 Å². The Morgan fingerprint density at radius 1 is 0.773 bits per heavy atom. The van der Waals surface area contributed by atoms with Crippen LogP contribution in [0.3, 0.4) is 0 Å². The molecule has 1 aromatic carbocycles. The molecule has 1 heterocycles. The van der Waals surface area contributed by atoms with Gasteiger partial charge in [0.1, 0.15) is 0 Å². The van der Waals surface area contributed by atoms with Gasteiger partial charge in [-0.3, -0.25) is 4.98 Å². The van der Waals surface area contributed by atoms with E-state index in [-0.39, 0.29) is 36.4 Å². The van der Waals surface area contributed by atoms with E-state index in [1.807, 2.05) is 0 Å². The summed E-state index contributed by atoms with van der Waals surface area (Å²) in [5.74, 6) is 0. The third-order valence-corrected chi connectivity index (χ3v) is 5.21. The Labute approximate surface area is 152 Å². The van der Waals surface area contributed by atoms with E-state index in [0.29, 0.717) is 6.20 Å². The Bertz CT molecular complexity index is 730. The largest absolute Gasteiger partial charge is 0.419 e. The Balaban J connectivity index is 2.71. The standard InChI is InChI=1S/C12H2Cl6F3N/c13-4-1-5(22-2-3(4)12(19,20)21)6-7(14)9(16)11(18)10(17)8(6)15/h1-2H. The van der Waals surface area contributed by atoms with Gasteiger partial charge >= 0.3 is 6.18 Å². The molecule has 2 rings (SSSR count). The Morgan fingerprint density at radius 2 is 1.23 bits per heavy atom. The van der Waals surface area contributed by atoms with Crippen LogP contribution in [-0.4, -0.2) is 4.98 Å². The molecule has 0 saturated carbocycles. The van der Waals surface area contributed by atoms with Crippen molar-refractivity contribution in [2.24, 2.45) is 0 Å². The molecule has 10 heteroatoms. The van der Waals surface area contributed by atoms with Gasteiger partial charge in [0, 0.05) is 11.8 Å². The van der Waals surface area contributed by atoms with E-state index in [1.165, 1.54) is 0 Å². The highest BCUT2D eigenvalue weighted by Crippen LogP contribution is 2.48. The minimum Gasteiger partial charge on any atom is -0.255 e. The van der Waals surface area contributed by atoms with Crippen LogP contribution in [0.2, 0.25) is 30.1 Å². The summed E-state index contributed by atoms with van der Waals surface area (Å²) in [5, 5.41) is -1.00. The first-order chi connectivity index (χ1) is 10.1. The number of aromatic nitrogens is 1. The number of nitrogens with zero attached hydrogens (tertiary/aromatic N) is 1. The molecule has 1 nitrogen and oxygen atoms in total. The smallest absolute Gasteiger partial charge is 0.255 e. The monoisotopic (exact) mass is 427 g/mol. The Morgan fingerprint density at radius 3 is 1.64 bits per heavy atom. The van der Waals surface area contributed by atoms with Crippen LogP contribution < -0.4 is 0 Å². The molecule has 0 unspecified atom stereocenters. The third-order valence-electron chi connectivity index (χ3n) is 2.62. The van der Waals surface area contributed by atoms with Crippen LogP contribution in [0.25, 0.3) is 11.3 Å². The molecule has 22 heavy (non-hydrogen) atoms. The molecule has 2 aromatic rings. The van der Waals surface area contributed by atoms with Gasteiger partial charge in [-0.05, 0) is 6.07 Å². The maximum atomic E-state index is 12.7. The molecule has 0 spiro atoms. The first-order valence-electron chi connectivity index (χ1n) is 5.30. The van der Waals surface area contributed by atoms with Gasteiger partial charge in [0.05, 0.1) is 41.4 Å². The summed E-state index contributed by atoms with van der Waals surface area (Å²) < 4.78 is 38.1. The van der Waals surface area contributed by atoms with E-state index < -0.39 is 16.8 Å². The predicted octanol–water partition coefficient (Wildman–Crippen LogP) is 7.69. The molecule has 0 aliphatic rings. The first-order valence-corrected chi connectivity index (χ1v) is 7.57. The molecular formula is C12H2Cl6F3N. The summed E-state index contributed by atoms with van der Waals surface area (Å²) in [4.78, 5) is 3.68. The molecule has 0 aliphatic heterocycles. The third kappa shape index (κ3) is 3.23. The lowest BCUT2D eigenvalue weighted by atomic mass is 10.1. The van der Waals surface area contributed by atoms with Crippen molar-refractivity contribution in [3.05, 3.63) is 48.0 Å². The lowest BCUT2D eigenvalue weighted by Gasteiger charge is -2.14. The topological polar surface area (TPSA) is 12.9 Å². The fraction of sp³-hybridized carbons (Fsp3) is 0.0833. The maximum absolute atomic E-state index is 12.7. The van der Waals surface area contributed by atoms with Crippen LogP contribution in [0.5, 0.6) is 0 Å². The number of hydrogen-bond acceptors (Lipinski definition) is 1. The molecule has 0 amide bonds. The van der Waals surface area contributed by atoms with Gasteiger partial charge < -0.3 is 0 Å². The molecule has 0 saturated heterocycles. The average Bonchev–Trinajstić information content (AvgIpc) is 2.42. The van der Waals surface area contributed by atoms with E-state index >= 15 is 0 Å². The first kappa shape index (κ1) is 18.2. The predicted molar refractivity (Wildman–Crippen MR) is 84.7 cm³/mol. The summed E-state index contributed by atoms with van der Waals surface area (Å²) in [6.07, 6.45) is -4.06. The lowest BCUT2D eigenvalue weighted by Crippen LogP contribution is -2.06. The van der Waals surface area contributed by atoms with Crippen LogP contribution in [0.1, 0.15) is 5.56 Å². The van der Waals surface area contributed by atoms with Gasteiger partial charge in [-0.2, -0.15) is 13.2 Å². The van der Waals surface area contributed by atoms with Crippen LogP contribution in [-0.2, 0) is 6.18 Å². The van der Waals surface area contributed by atoms with Crippen molar-refractivity contribution in [2.45, 2.75) is 6.18 Å². The molecule has 0 radical (unpaired) electrons. The minimum atomic E-state index is -4.63. The molecule has 118 valence electrons. The van der Waals surface area contributed by atoms with Crippen LogP contribution in [0.15, 0.2) is 12.3 Å². The Kier molecular flexibility index (Phi) is 5.32. The van der Waals surface area contributed by atoms with Crippen molar-refractivity contribution in [1.29, 1.82) is 0 Å². The SMILES string of the molecule is FC(F)(F)c1cnc(-c2c(Cl)c(Cl)c(Cl)c(Cl)c2Cl)cc1Cl. The number of rotatable bonds is 1. The zero-order valence-corrected chi connectivity index (χ0v) is 14.5. The number of hydrogen-bond donors (Lipinski definition) is 0. The zero-order chi connectivity index (χ0) is 16.8. The fourth-order valence-corrected chi connectivity index (χ4v) is 3.20. The second-order valence-electron chi connectivity index (χ2n) is 3.99. The average molecular weight is 430 g/mol. The number of alkyl halides is 3. The molecule has 1 aromatic heterocycles. The van der Waals surface area contributed by atoms with Crippen molar-refractivity contribution in [2.75, 3.05) is 0 Å². The highest BCUT2D eigenvalue weighted by atomic mass is 35.5. The summed E-state index contributed by atoms with van der Waals surface area (Å²) >= 11 is 35.3. The summed E-state index contributed by atoms with van der Waals surface area (Å²) in [6.45, 7) is 0. The maximum Gasteiger partial charge on any atom is 0.419 e. The molecular weight excluding hydrogens is 428 g/mol. The normalized spacial score (nSPS) is 11.9. The number of benzene rings is 1. The van der Waals surface area contributed by atoms with Crippen LogP contribution >= 0.6 is 69.6 Å². The molecule has 0 bridgehead atoms. The van der Waals surface area contributed by atoms with Crippen molar-refractivity contribution in [3.8, 4) is 11.3 Å². The molecule has 0 N–H and O–H groups in total. The van der Waals surface area contributed by atoms with Crippen LogP contribution in [0.4, 0.5) is 13.2 Å². The quantitative estimate of drug-likeness (QED) is 0.334. The fourth-order valence-electron chi connectivity index (χ4n) is 1.61. The van der Waals surface area contributed by atoms with Gasteiger partial charge in [-0.1, -0.05) is 69.6 Å². The van der Waals surface area contributed by atoms with Crippen LogP contribution in [0, 0.1) is 0 Å². The van der Waals surface area contributed by atoms with Gasteiger partial charge in [0.2, 0.25) is 0 Å². The minimum absolute atomic E-state index is 0.0199. The zero-order valence-electron chi connectivity index (χ0n) is 10.0. The van der Waals surface area contributed by atoms with E-state index in [0.717, 1.165) is 6.07 Å². The summed E-state index contributed by atoms with van der Waals surface area (Å²) in [6, 6.07) is 0.970. The molecule has 0 aliphatic carbocycles. The van der Waals surface area contributed by atoms with Gasteiger partial charge in [0.15, 0.2) is 0 Å². The van der Waals surface area contributed by atoms with Gasteiger partial charge in [-0.25, -0.2) is 0 Å². The van der Waals surface area contributed by atoms with E-state index in [9.17, 15) is 13.2 Å². The van der Waals surface area contributed by atoms with E-state index in [1.54, 1.807) is 0 Å². The summed E-state index contributed by atoms with van der Waals surface area (Å²) in [5.41, 5.74) is -1.07. The highest BCUT2D eigenvalue weighted by Gasteiger charge is 2.34. The lowest BCUT2D eigenvalue weighted by molar-refractivity contribution is -0.137. The summed E-state index contributed by atoms with van der Waals surface area (Å²) in [7, 11) is 0. The van der Waals surface area contributed by atoms with Crippen molar-refractivity contribution < 1.29 is 13.2 Å². The van der Waals surface area contributed by atoms with E-state index in [4.69, 9.17) is 69.6 Å². The second kappa shape index (κ2) is 6.42.